The van der Waals surface area contributed by atoms with Crippen molar-refractivity contribution in [3.8, 4) is 0 Å². The molecule has 1 aromatic carbocycles. The Morgan fingerprint density at radius 1 is 1.30 bits per heavy atom. The molecule has 2 rings (SSSR count). The summed E-state index contributed by atoms with van der Waals surface area (Å²) in [4.78, 5) is 14.4. The van der Waals surface area contributed by atoms with Crippen molar-refractivity contribution in [3.05, 3.63) is 35.9 Å². The zero-order chi connectivity index (χ0) is 14.6. The monoisotopic (exact) mass is 274 g/mol. The highest BCUT2D eigenvalue weighted by Gasteiger charge is 2.25. The maximum absolute atomic E-state index is 12.0. The van der Waals surface area contributed by atoms with Gasteiger partial charge >= 0.3 is 0 Å². The summed E-state index contributed by atoms with van der Waals surface area (Å²) in [6.07, 6.45) is 1.66. The summed E-state index contributed by atoms with van der Waals surface area (Å²) in [6.45, 7) is 9.31. The van der Waals surface area contributed by atoms with E-state index in [-0.39, 0.29) is 11.3 Å². The van der Waals surface area contributed by atoms with Gasteiger partial charge in [-0.1, -0.05) is 51.1 Å². The van der Waals surface area contributed by atoms with E-state index in [9.17, 15) is 4.79 Å². The van der Waals surface area contributed by atoms with Crippen LogP contribution in [0.25, 0.3) is 0 Å². The first-order valence-electron chi connectivity index (χ1n) is 7.48. The molecule has 1 aliphatic rings. The Bertz CT molecular complexity index is 436. The average molecular weight is 274 g/mol. The minimum Gasteiger partial charge on any atom is -0.352 e. The van der Waals surface area contributed by atoms with Gasteiger partial charge in [-0.25, -0.2) is 0 Å². The highest BCUT2D eigenvalue weighted by molar-refractivity contribution is 5.76. The number of carbonyl (C=O) groups is 1. The maximum Gasteiger partial charge on any atom is 0.220 e. The normalized spacial score (nSPS) is 20.1. The smallest absolute Gasteiger partial charge is 0.220 e. The molecule has 0 aromatic heterocycles. The summed E-state index contributed by atoms with van der Waals surface area (Å²) in [6, 6.07) is 10.8. The van der Waals surface area contributed by atoms with Gasteiger partial charge in [-0.3, -0.25) is 9.69 Å². The molecule has 0 unspecified atom stereocenters. The zero-order valence-corrected chi connectivity index (χ0v) is 12.9. The highest BCUT2D eigenvalue weighted by Crippen LogP contribution is 2.19. The SMILES string of the molecule is CC(C)(C)CC(=O)N[C@H]1CCN(Cc2ccccc2)C1. The van der Waals surface area contributed by atoms with E-state index in [1.807, 2.05) is 6.07 Å². The van der Waals surface area contributed by atoms with Crippen molar-refractivity contribution >= 4 is 5.91 Å². The van der Waals surface area contributed by atoms with Gasteiger partial charge in [0, 0.05) is 32.1 Å². The van der Waals surface area contributed by atoms with Crippen molar-refractivity contribution in [2.24, 2.45) is 5.41 Å². The molecular formula is C17H26N2O. The van der Waals surface area contributed by atoms with Crippen LogP contribution in [0.4, 0.5) is 0 Å². The summed E-state index contributed by atoms with van der Waals surface area (Å²) in [5.74, 6) is 0.184. The topological polar surface area (TPSA) is 32.3 Å². The van der Waals surface area contributed by atoms with Gasteiger partial charge in [-0.2, -0.15) is 0 Å². The lowest BCUT2D eigenvalue weighted by Gasteiger charge is -2.20. The van der Waals surface area contributed by atoms with E-state index in [2.05, 4.69) is 55.3 Å². The average Bonchev–Trinajstić information content (AvgIpc) is 2.75. The van der Waals surface area contributed by atoms with Gasteiger partial charge in [0.1, 0.15) is 0 Å². The number of likely N-dealkylation sites (tertiary alicyclic amines) is 1. The third-order valence-electron chi connectivity index (χ3n) is 3.58. The maximum atomic E-state index is 12.0. The van der Waals surface area contributed by atoms with Gasteiger partial charge in [-0.15, -0.1) is 0 Å². The van der Waals surface area contributed by atoms with Crippen LogP contribution >= 0.6 is 0 Å². The second kappa shape index (κ2) is 6.40. The van der Waals surface area contributed by atoms with Gasteiger partial charge in [-0.05, 0) is 17.4 Å². The van der Waals surface area contributed by atoms with Gasteiger partial charge in [0.05, 0.1) is 0 Å². The predicted molar refractivity (Wildman–Crippen MR) is 82.3 cm³/mol. The summed E-state index contributed by atoms with van der Waals surface area (Å²) < 4.78 is 0. The standard InChI is InChI=1S/C17H26N2O/c1-17(2,3)11-16(20)18-15-9-10-19(13-15)12-14-7-5-4-6-8-14/h4-8,15H,9-13H2,1-3H3,(H,18,20)/t15-/m0/s1. The van der Waals surface area contributed by atoms with Gasteiger partial charge in [0.25, 0.3) is 0 Å². The van der Waals surface area contributed by atoms with Crippen LogP contribution in [0.2, 0.25) is 0 Å². The van der Waals surface area contributed by atoms with E-state index in [1.54, 1.807) is 0 Å². The van der Waals surface area contributed by atoms with Crippen molar-refractivity contribution in [2.75, 3.05) is 13.1 Å². The second-order valence-electron chi connectivity index (χ2n) is 7.01. The Hall–Kier alpha value is -1.35. The molecule has 1 aromatic rings. The molecule has 0 saturated carbocycles. The van der Waals surface area contributed by atoms with Crippen molar-refractivity contribution in [3.63, 3.8) is 0 Å². The van der Waals surface area contributed by atoms with Crippen molar-refractivity contribution < 1.29 is 4.79 Å². The third kappa shape index (κ3) is 4.97. The molecule has 1 amide bonds. The minimum atomic E-state index is 0.0619. The fourth-order valence-electron chi connectivity index (χ4n) is 2.70. The minimum absolute atomic E-state index is 0.0619. The molecule has 0 radical (unpaired) electrons. The molecule has 1 saturated heterocycles. The van der Waals surface area contributed by atoms with Crippen molar-refractivity contribution in [1.82, 2.24) is 10.2 Å². The van der Waals surface area contributed by atoms with Crippen molar-refractivity contribution in [2.45, 2.75) is 46.2 Å². The number of hydrogen-bond donors (Lipinski definition) is 1. The zero-order valence-electron chi connectivity index (χ0n) is 12.9. The number of nitrogens with zero attached hydrogens (tertiary/aromatic N) is 1. The largest absolute Gasteiger partial charge is 0.352 e. The quantitative estimate of drug-likeness (QED) is 0.915. The van der Waals surface area contributed by atoms with E-state index in [4.69, 9.17) is 0 Å². The number of carbonyl (C=O) groups excluding carboxylic acids is 1. The number of nitrogens with one attached hydrogen (secondary N) is 1. The number of benzene rings is 1. The van der Waals surface area contributed by atoms with Crippen LogP contribution in [0, 0.1) is 5.41 Å². The molecule has 1 fully saturated rings. The molecule has 3 heteroatoms. The Morgan fingerprint density at radius 2 is 2.00 bits per heavy atom. The summed E-state index contributed by atoms with van der Waals surface area (Å²) in [5.41, 5.74) is 1.40. The Labute approximate surface area is 122 Å². The van der Waals surface area contributed by atoms with E-state index >= 15 is 0 Å². The molecule has 1 atom stereocenters. The van der Waals surface area contributed by atoms with E-state index < -0.39 is 0 Å². The van der Waals surface area contributed by atoms with E-state index in [0.717, 1.165) is 26.1 Å². The summed E-state index contributed by atoms with van der Waals surface area (Å²) >= 11 is 0. The van der Waals surface area contributed by atoms with Crippen molar-refractivity contribution in [1.29, 1.82) is 0 Å². The van der Waals surface area contributed by atoms with Gasteiger partial charge < -0.3 is 5.32 Å². The summed E-state index contributed by atoms with van der Waals surface area (Å²) in [5, 5.41) is 3.17. The van der Waals surface area contributed by atoms with Crippen LogP contribution in [-0.2, 0) is 11.3 Å². The highest BCUT2D eigenvalue weighted by atomic mass is 16.1. The van der Waals surface area contributed by atoms with Gasteiger partial charge in [0.15, 0.2) is 0 Å². The van der Waals surface area contributed by atoms with Crippen LogP contribution in [-0.4, -0.2) is 29.9 Å². The van der Waals surface area contributed by atoms with Crippen LogP contribution in [0.3, 0.4) is 0 Å². The molecular weight excluding hydrogens is 248 g/mol. The molecule has 0 aliphatic carbocycles. The lowest BCUT2D eigenvalue weighted by molar-refractivity contribution is -0.123. The van der Waals surface area contributed by atoms with E-state index in [0.29, 0.717) is 12.5 Å². The first-order valence-corrected chi connectivity index (χ1v) is 7.48. The second-order valence-corrected chi connectivity index (χ2v) is 7.01. The lowest BCUT2D eigenvalue weighted by Crippen LogP contribution is -2.38. The van der Waals surface area contributed by atoms with Crippen LogP contribution in [0.5, 0.6) is 0 Å². The Kier molecular flexibility index (Phi) is 4.81. The molecule has 0 spiro atoms. The summed E-state index contributed by atoms with van der Waals surface area (Å²) in [7, 11) is 0. The van der Waals surface area contributed by atoms with Crippen LogP contribution in [0.1, 0.15) is 39.2 Å². The molecule has 20 heavy (non-hydrogen) atoms. The van der Waals surface area contributed by atoms with E-state index in [1.165, 1.54) is 5.56 Å². The third-order valence-corrected chi connectivity index (χ3v) is 3.58. The van der Waals surface area contributed by atoms with Crippen LogP contribution in [0.15, 0.2) is 30.3 Å². The first kappa shape index (κ1) is 15.0. The Balaban J connectivity index is 1.77. The lowest BCUT2D eigenvalue weighted by atomic mass is 9.92. The Morgan fingerprint density at radius 3 is 2.65 bits per heavy atom. The van der Waals surface area contributed by atoms with Gasteiger partial charge in [0.2, 0.25) is 5.91 Å². The molecule has 1 heterocycles. The molecule has 1 N–H and O–H groups in total. The molecule has 110 valence electrons. The number of amides is 1. The fraction of sp³-hybridized carbons (Fsp3) is 0.588. The fourth-order valence-corrected chi connectivity index (χ4v) is 2.70. The molecule has 1 aliphatic heterocycles. The first-order chi connectivity index (χ1) is 9.42. The number of hydrogen-bond acceptors (Lipinski definition) is 2. The molecule has 0 bridgehead atoms. The van der Waals surface area contributed by atoms with Crippen LogP contribution < -0.4 is 5.32 Å². The number of rotatable bonds is 4. The predicted octanol–water partition coefficient (Wildman–Crippen LogP) is 2.81. The molecule has 3 nitrogen and oxygen atoms in total.